The molecule has 9 nitrogen and oxygen atoms in total. The summed E-state index contributed by atoms with van der Waals surface area (Å²) in [5, 5.41) is 8.49. The van der Waals surface area contributed by atoms with Crippen LogP contribution in [0, 0.1) is 23.2 Å². The Morgan fingerprint density at radius 3 is 2.14 bits per heavy atom. The molecule has 3 aliphatic carbocycles. The molecule has 3 atom stereocenters. The van der Waals surface area contributed by atoms with Gasteiger partial charge in [0.05, 0.1) is 59.3 Å². The van der Waals surface area contributed by atoms with Crippen LogP contribution < -0.4 is 4.74 Å². The number of ketones is 1. The molecule has 2 saturated carbocycles. The minimum absolute atomic E-state index is 0.000354. The molecule has 36 heavy (non-hydrogen) atoms. The van der Waals surface area contributed by atoms with Gasteiger partial charge in [0.25, 0.3) is 0 Å². The second kappa shape index (κ2) is 13.3. The van der Waals surface area contributed by atoms with Gasteiger partial charge < -0.3 is 28.8 Å². The number of carbonyl (C=O) groups excluding carboxylic acids is 1. The predicted octanol–water partition coefficient (Wildman–Crippen LogP) is 2.72. The van der Waals surface area contributed by atoms with E-state index in [4.69, 9.17) is 28.8 Å². The van der Waals surface area contributed by atoms with Crippen LogP contribution in [0.3, 0.4) is 0 Å². The maximum atomic E-state index is 12.5. The van der Waals surface area contributed by atoms with Gasteiger partial charge in [0, 0.05) is 18.2 Å². The van der Waals surface area contributed by atoms with Crippen LogP contribution in [0.25, 0.3) is 0 Å². The van der Waals surface area contributed by atoms with Gasteiger partial charge in [-0.2, -0.15) is 0 Å². The summed E-state index contributed by atoms with van der Waals surface area (Å²) in [5.41, 5.74) is 1.44. The molecule has 0 bridgehead atoms. The molecule has 1 aromatic heterocycles. The molecule has 0 amide bonds. The zero-order valence-electron chi connectivity index (χ0n) is 20.8. The number of rotatable bonds is 18. The average molecular weight is 504 g/mol. The molecule has 4 rings (SSSR count). The van der Waals surface area contributed by atoms with E-state index in [1.165, 1.54) is 6.42 Å². The lowest BCUT2D eigenvalue weighted by Gasteiger charge is -2.18. The molecular weight excluding hydrogens is 466 g/mol. The molecule has 3 aliphatic rings. The summed E-state index contributed by atoms with van der Waals surface area (Å²) in [5.74, 6) is 1.72. The van der Waals surface area contributed by atoms with Gasteiger partial charge in [-0.15, -0.1) is 0 Å². The first-order valence-electron chi connectivity index (χ1n) is 12.9. The summed E-state index contributed by atoms with van der Waals surface area (Å²) < 4.78 is 27.0. The Kier molecular flexibility index (Phi) is 9.86. The Morgan fingerprint density at radius 2 is 1.58 bits per heavy atom. The molecule has 0 radical (unpaired) electrons. The van der Waals surface area contributed by atoms with Crippen LogP contribution in [-0.2, 0) is 35.0 Å². The van der Waals surface area contributed by atoms with E-state index in [-0.39, 0.29) is 24.7 Å². The van der Waals surface area contributed by atoms with Crippen molar-refractivity contribution in [3.05, 3.63) is 36.0 Å². The molecule has 1 N–H and O–H groups in total. The number of hydrogen-bond donors (Lipinski definition) is 1. The van der Waals surface area contributed by atoms with Gasteiger partial charge in [-0.25, -0.2) is 4.98 Å². The van der Waals surface area contributed by atoms with E-state index in [1.807, 2.05) is 18.2 Å². The summed E-state index contributed by atoms with van der Waals surface area (Å²) in [4.78, 5) is 27.2. The first-order chi connectivity index (χ1) is 17.6. The lowest BCUT2D eigenvalue weighted by atomic mass is 9.86. The van der Waals surface area contributed by atoms with E-state index < -0.39 is 5.97 Å². The zero-order chi connectivity index (χ0) is 25.2. The molecule has 198 valence electrons. The van der Waals surface area contributed by atoms with Crippen molar-refractivity contribution < 1.29 is 38.4 Å². The Bertz CT molecular complexity index is 878. The number of aromatic nitrogens is 1. The molecule has 1 heterocycles. The number of carboxylic acids is 1. The number of carbonyl (C=O) groups is 2. The van der Waals surface area contributed by atoms with Gasteiger partial charge in [0.1, 0.15) is 6.61 Å². The third-order valence-electron chi connectivity index (χ3n) is 7.28. The Labute approximate surface area is 212 Å². The topological polar surface area (TPSA) is 113 Å². The van der Waals surface area contributed by atoms with E-state index >= 15 is 0 Å². The van der Waals surface area contributed by atoms with E-state index in [2.05, 4.69) is 11.1 Å². The molecule has 0 aromatic carbocycles. The molecular formula is C27H37NO8. The lowest BCUT2D eigenvalue weighted by molar-refractivity contribution is -0.138. The Hall–Kier alpha value is -2.33. The van der Waals surface area contributed by atoms with Gasteiger partial charge in [-0.05, 0) is 54.6 Å². The number of ether oxygens (including phenoxy) is 5. The number of aliphatic carboxylic acids is 1. The number of hydrogen-bond acceptors (Lipinski definition) is 8. The van der Waals surface area contributed by atoms with Crippen molar-refractivity contribution in [2.24, 2.45) is 23.2 Å². The second-order valence-corrected chi connectivity index (χ2v) is 9.68. The van der Waals surface area contributed by atoms with Gasteiger partial charge in [-0.3, -0.25) is 9.59 Å². The number of carboxylic acid groups (broad SMARTS) is 1. The highest BCUT2D eigenvalue weighted by Crippen LogP contribution is 2.80. The maximum Gasteiger partial charge on any atom is 0.305 e. The summed E-state index contributed by atoms with van der Waals surface area (Å²) in [6, 6.07) is 3.85. The van der Waals surface area contributed by atoms with Crippen LogP contribution in [0.15, 0.2) is 30.5 Å². The van der Waals surface area contributed by atoms with Gasteiger partial charge in [0.2, 0.25) is 5.88 Å². The normalized spacial score (nSPS) is 26.0. The molecule has 1 aromatic rings. The highest BCUT2D eigenvalue weighted by Gasteiger charge is 2.74. The Balaban J connectivity index is 0.968. The predicted molar refractivity (Wildman–Crippen MR) is 130 cm³/mol. The van der Waals surface area contributed by atoms with Crippen LogP contribution in [0.1, 0.15) is 31.2 Å². The van der Waals surface area contributed by atoms with Crippen molar-refractivity contribution in [3.63, 3.8) is 0 Å². The third-order valence-corrected chi connectivity index (χ3v) is 7.28. The largest absolute Gasteiger partial charge is 0.481 e. The van der Waals surface area contributed by atoms with Crippen LogP contribution in [0.4, 0.5) is 0 Å². The van der Waals surface area contributed by atoms with Crippen LogP contribution in [0.5, 0.6) is 5.88 Å². The molecule has 9 heteroatoms. The molecule has 1 spiro atoms. The van der Waals surface area contributed by atoms with Crippen molar-refractivity contribution in [3.8, 4) is 5.88 Å². The van der Waals surface area contributed by atoms with Crippen molar-refractivity contribution >= 4 is 11.8 Å². The summed E-state index contributed by atoms with van der Waals surface area (Å²) in [6.07, 6.45) is 10.1. The third kappa shape index (κ3) is 7.83. The SMILES string of the molecule is O=C(O)CCOCCOCCOCCOCCOc1ccc(CC2CCC3(C=CC2=O)C2CC23)cn1. The summed E-state index contributed by atoms with van der Waals surface area (Å²) in [7, 11) is 0. The van der Waals surface area contributed by atoms with Crippen LogP contribution in [-0.4, -0.2) is 81.3 Å². The molecule has 3 unspecified atom stereocenters. The number of nitrogens with zero attached hydrogens (tertiary/aromatic N) is 1. The minimum Gasteiger partial charge on any atom is -0.481 e. The summed E-state index contributed by atoms with van der Waals surface area (Å²) in [6.45, 7) is 3.62. The fourth-order valence-electron chi connectivity index (χ4n) is 4.97. The highest BCUT2D eigenvalue weighted by molar-refractivity contribution is 5.92. The number of fused-ring (bicyclic) bond motifs is 3. The molecule has 2 fully saturated rings. The van der Waals surface area contributed by atoms with Crippen molar-refractivity contribution in [2.75, 3.05) is 59.5 Å². The van der Waals surface area contributed by atoms with Crippen molar-refractivity contribution in [1.82, 2.24) is 4.98 Å². The average Bonchev–Trinajstić information content (AvgIpc) is 3.78. The van der Waals surface area contributed by atoms with Crippen LogP contribution in [0.2, 0.25) is 0 Å². The van der Waals surface area contributed by atoms with Crippen LogP contribution >= 0.6 is 0 Å². The highest BCUT2D eigenvalue weighted by atomic mass is 16.6. The second-order valence-electron chi connectivity index (χ2n) is 9.68. The first-order valence-corrected chi connectivity index (χ1v) is 12.9. The van der Waals surface area contributed by atoms with Gasteiger partial charge in [-0.1, -0.05) is 12.1 Å². The molecule has 0 saturated heterocycles. The lowest BCUT2D eigenvalue weighted by Crippen LogP contribution is -2.15. The minimum atomic E-state index is -0.872. The summed E-state index contributed by atoms with van der Waals surface area (Å²) >= 11 is 0. The van der Waals surface area contributed by atoms with Crippen molar-refractivity contribution in [2.45, 2.75) is 32.1 Å². The fraction of sp³-hybridized carbons (Fsp3) is 0.667. The van der Waals surface area contributed by atoms with Gasteiger partial charge >= 0.3 is 5.97 Å². The number of pyridine rings is 1. The van der Waals surface area contributed by atoms with E-state index in [1.54, 1.807) is 6.20 Å². The monoisotopic (exact) mass is 503 g/mol. The first kappa shape index (κ1) is 26.7. The maximum absolute atomic E-state index is 12.5. The van der Waals surface area contributed by atoms with E-state index in [0.717, 1.165) is 36.7 Å². The standard InChI is InChI=1S/C27H37NO8/c29-24-4-7-27(22-18-23(22)27)6-3-21(24)17-20-1-2-25(28-19-20)36-16-15-35-14-13-34-12-11-33-10-9-32-8-5-26(30)31/h1-2,4,7,19,21-23H,3,5-6,8-18H2,(H,30,31). The Morgan fingerprint density at radius 1 is 0.944 bits per heavy atom. The van der Waals surface area contributed by atoms with E-state index in [9.17, 15) is 9.59 Å². The van der Waals surface area contributed by atoms with E-state index in [0.29, 0.717) is 64.2 Å². The quantitative estimate of drug-likeness (QED) is 0.302. The fourth-order valence-corrected chi connectivity index (χ4v) is 4.97. The zero-order valence-corrected chi connectivity index (χ0v) is 20.8. The number of allylic oxidation sites excluding steroid dienone is 2. The smallest absolute Gasteiger partial charge is 0.305 e. The van der Waals surface area contributed by atoms with Crippen molar-refractivity contribution in [1.29, 1.82) is 0 Å². The van der Waals surface area contributed by atoms with Gasteiger partial charge in [0.15, 0.2) is 5.78 Å². The molecule has 0 aliphatic heterocycles.